The van der Waals surface area contributed by atoms with Crippen molar-refractivity contribution in [3.8, 4) is 0 Å². The van der Waals surface area contributed by atoms with Gasteiger partial charge in [-0.15, -0.1) is 0 Å². The number of ether oxygens (including phenoxy) is 1. The summed E-state index contributed by atoms with van der Waals surface area (Å²) in [7, 11) is 0. The number of carbonyl (C=O) groups is 1. The number of alkyl halides is 3. The van der Waals surface area contributed by atoms with E-state index in [1.165, 1.54) is 0 Å². The predicted molar refractivity (Wildman–Crippen MR) is 75.3 cm³/mol. The van der Waals surface area contributed by atoms with Crippen LogP contribution in [0.2, 0.25) is 0 Å². The fraction of sp³-hybridized carbons (Fsp3) is 0.929. The van der Waals surface area contributed by atoms with Gasteiger partial charge in [-0.05, 0) is 11.8 Å². The summed E-state index contributed by atoms with van der Waals surface area (Å²) in [5.74, 6) is -0.535. The highest BCUT2D eigenvalue weighted by molar-refractivity contribution is 5.82. The van der Waals surface area contributed by atoms with E-state index < -0.39 is 30.7 Å². The zero-order valence-electron chi connectivity index (χ0n) is 13.2. The number of nitrogens with one attached hydrogen (secondary N) is 1. The molecule has 130 valence electrons. The highest BCUT2D eigenvalue weighted by atomic mass is 19.4. The van der Waals surface area contributed by atoms with Crippen LogP contribution in [-0.2, 0) is 9.53 Å². The van der Waals surface area contributed by atoms with E-state index in [2.05, 4.69) is 5.32 Å². The number of halogens is 3. The summed E-state index contributed by atoms with van der Waals surface area (Å²) in [4.78, 5) is 13.3. The normalized spacial score (nSPS) is 22.4. The number of amides is 1. The van der Waals surface area contributed by atoms with Crippen LogP contribution in [0.15, 0.2) is 0 Å². The molecule has 0 aromatic heterocycles. The maximum Gasteiger partial charge on any atom is 0.401 e. The van der Waals surface area contributed by atoms with E-state index in [0.717, 1.165) is 4.90 Å². The second-order valence-corrected chi connectivity index (χ2v) is 6.83. The van der Waals surface area contributed by atoms with Gasteiger partial charge in [0.05, 0.1) is 32.4 Å². The van der Waals surface area contributed by atoms with E-state index in [1.807, 2.05) is 20.8 Å². The third-order valence-electron chi connectivity index (χ3n) is 3.35. The van der Waals surface area contributed by atoms with E-state index in [4.69, 9.17) is 4.74 Å². The molecule has 22 heavy (non-hydrogen) atoms. The summed E-state index contributed by atoms with van der Waals surface area (Å²) in [5.41, 5.74) is -0.116. The van der Waals surface area contributed by atoms with Gasteiger partial charge in [-0.1, -0.05) is 20.8 Å². The first-order valence-electron chi connectivity index (χ1n) is 7.31. The number of rotatable bonds is 5. The summed E-state index contributed by atoms with van der Waals surface area (Å²) in [6.45, 7) is 4.64. The molecular formula is C14H25F3N2O3. The van der Waals surface area contributed by atoms with Crippen LogP contribution in [0.4, 0.5) is 13.2 Å². The summed E-state index contributed by atoms with van der Waals surface area (Å²) >= 11 is 0. The summed E-state index contributed by atoms with van der Waals surface area (Å²) in [5, 5.41) is 12.0. The first kappa shape index (κ1) is 19.2. The van der Waals surface area contributed by atoms with Crippen LogP contribution in [0.5, 0.6) is 0 Å². The van der Waals surface area contributed by atoms with Crippen LogP contribution >= 0.6 is 0 Å². The van der Waals surface area contributed by atoms with Crippen molar-refractivity contribution in [2.75, 3.05) is 32.9 Å². The van der Waals surface area contributed by atoms with Gasteiger partial charge in [-0.25, -0.2) is 0 Å². The van der Waals surface area contributed by atoms with Gasteiger partial charge >= 0.3 is 6.18 Å². The minimum atomic E-state index is -4.36. The number of carbonyl (C=O) groups excluding carboxylic acids is 1. The summed E-state index contributed by atoms with van der Waals surface area (Å²) < 4.78 is 42.9. The van der Waals surface area contributed by atoms with Crippen molar-refractivity contribution in [1.82, 2.24) is 10.2 Å². The fourth-order valence-corrected chi connectivity index (χ4v) is 2.50. The van der Waals surface area contributed by atoms with Crippen molar-refractivity contribution < 1.29 is 27.8 Å². The Morgan fingerprint density at radius 2 is 2.05 bits per heavy atom. The van der Waals surface area contributed by atoms with Gasteiger partial charge in [0.2, 0.25) is 5.91 Å². The third-order valence-corrected chi connectivity index (χ3v) is 3.35. The largest absolute Gasteiger partial charge is 0.401 e. The Labute approximate surface area is 128 Å². The van der Waals surface area contributed by atoms with E-state index in [-0.39, 0.29) is 31.8 Å². The second kappa shape index (κ2) is 7.61. The molecule has 1 aliphatic rings. The topological polar surface area (TPSA) is 61.8 Å². The lowest BCUT2D eigenvalue weighted by atomic mass is 9.88. The van der Waals surface area contributed by atoms with E-state index >= 15 is 0 Å². The number of nitrogens with zero attached hydrogens (tertiary/aromatic N) is 1. The molecule has 1 amide bonds. The molecule has 1 rings (SSSR count). The molecule has 0 saturated carbocycles. The van der Waals surface area contributed by atoms with Gasteiger partial charge in [-0.2, -0.15) is 13.2 Å². The molecule has 8 heteroatoms. The predicted octanol–water partition coefficient (Wildman–Crippen LogP) is 1.16. The van der Waals surface area contributed by atoms with Gasteiger partial charge in [0.15, 0.2) is 0 Å². The van der Waals surface area contributed by atoms with E-state index in [9.17, 15) is 23.1 Å². The summed E-state index contributed by atoms with van der Waals surface area (Å²) in [6, 6.07) is -1.47. The lowest BCUT2D eigenvalue weighted by Crippen LogP contribution is -2.58. The summed E-state index contributed by atoms with van der Waals surface area (Å²) in [6.07, 6.45) is -3.83. The molecule has 1 fully saturated rings. The van der Waals surface area contributed by atoms with Crippen LogP contribution in [0.1, 0.15) is 27.2 Å². The molecule has 0 aromatic carbocycles. The van der Waals surface area contributed by atoms with Crippen molar-refractivity contribution in [3.63, 3.8) is 0 Å². The standard InChI is InChI=1S/C14H25F3N2O3/c1-13(2,3)6-10(7-20)18-12(21)11-8-22-5-4-19(11)9-14(15,16)17/h10-11,20H,4-9H2,1-3H3,(H,18,21)/t10-,11-/m0/s1. The lowest BCUT2D eigenvalue weighted by Gasteiger charge is -2.36. The molecule has 0 spiro atoms. The zero-order chi connectivity index (χ0) is 17.0. The smallest absolute Gasteiger partial charge is 0.394 e. The molecule has 2 N–H and O–H groups in total. The number of hydrogen-bond acceptors (Lipinski definition) is 4. The maximum absolute atomic E-state index is 12.6. The van der Waals surface area contributed by atoms with Crippen LogP contribution in [-0.4, -0.2) is 67.1 Å². The zero-order valence-corrected chi connectivity index (χ0v) is 13.2. The molecule has 0 aliphatic carbocycles. The average molecular weight is 326 g/mol. The lowest BCUT2D eigenvalue weighted by molar-refractivity contribution is -0.167. The molecule has 2 atom stereocenters. The van der Waals surface area contributed by atoms with Gasteiger partial charge in [0.25, 0.3) is 0 Å². The Hall–Kier alpha value is -0.860. The molecule has 1 heterocycles. The average Bonchev–Trinajstić information content (AvgIpc) is 2.34. The fourth-order valence-electron chi connectivity index (χ4n) is 2.50. The van der Waals surface area contributed by atoms with E-state index in [0.29, 0.717) is 6.42 Å². The molecule has 5 nitrogen and oxygen atoms in total. The molecule has 0 radical (unpaired) electrons. The molecular weight excluding hydrogens is 301 g/mol. The van der Waals surface area contributed by atoms with Crippen molar-refractivity contribution in [2.45, 2.75) is 45.5 Å². The molecule has 0 aromatic rings. The third kappa shape index (κ3) is 6.93. The Bertz CT molecular complexity index is 369. The molecule has 0 bridgehead atoms. The molecule has 0 unspecified atom stereocenters. The molecule has 1 saturated heterocycles. The Kier molecular flexibility index (Phi) is 6.64. The van der Waals surface area contributed by atoms with Crippen molar-refractivity contribution in [1.29, 1.82) is 0 Å². The minimum Gasteiger partial charge on any atom is -0.394 e. The Morgan fingerprint density at radius 3 is 2.55 bits per heavy atom. The van der Waals surface area contributed by atoms with Crippen LogP contribution < -0.4 is 5.32 Å². The van der Waals surface area contributed by atoms with Crippen molar-refractivity contribution >= 4 is 5.91 Å². The quantitative estimate of drug-likeness (QED) is 0.796. The van der Waals surface area contributed by atoms with Gasteiger partial charge in [0, 0.05) is 6.54 Å². The second-order valence-electron chi connectivity index (χ2n) is 6.83. The van der Waals surface area contributed by atoms with Gasteiger partial charge in [0.1, 0.15) is 6.04 Å². The minimum absolute atomic E-state index is 0.0562. The van der Waals surface area contributed by atoms with Crippen molar-refractivity contribution in [2.24, 2.45) is 5.41 Å². The van der Waals surface area contributed by atoms with Gasteiger partial charge < -0.3 is 15.2 Å². The van der Waals surface area contributed by atoms with E-state index in [1.54, 1.807) is 0 Å². The van der Waals surface area contributed by atoms with Crippen LogP contribution in [0.25, 0.3) is 0 Å². The van der Waals surface area contributed by atoms with Gasteiger partial charge in [-0.3, -0.25) is 9.69 Å². The SMILES string of the molecule is CC(C)(C)C[C@@H](CO)NC(=O)[C@@H]1COCCN1CC(F)(F)F. The number of aliphatic hydroxyl groups is 1. The first-order valence-corrected chi connectivity index (χ1v) is 7.31. The number of hydrogen-bond donors (Lipinski definition) is 2. The number of aliphatic hydroxyl groups excluding tert-OH is 1. The Balaban J connectivity index is 2.67. The molecule has 1 aliphatic heterocycles. The van der Waals surface area contributed by atoms with Crippen LogP contribution in [0.3, 0.4) is 0 Å². The van der Waals surface area contributed by atoms with Crippen molar-refractivity contribution in [3.05, 3.63) is 0 Å². The highest BCUT2D eigenvalue weighted by Crippen LogP contribution is 2.22. The Morgan fingerprint density at radius 1 is 1.41 bits per heavy atom. The number of morpholine rings is 1. The van der Waals surface area contributed by atoms with Crippen LogP contribution in [0, 0.1) is 5.41 Å². The highest BCUT2D eigenvalue weighted by Gasteiger charge is 2.38. The first-order chi connectivity index (χ1) is 10.0. The monoisotopic (exact) mass is 326 g/mol. The maximum atomic E-state index is 12.6.